The van der Waals surface area contributed by atoms with Crippen molar-refractivity contribution in [2.75, 3.05) is 30.4 Å². The van der Waals surface area contributed by atoms with E-state index in [9.17, 15) is 4.79 Å². The number of hydrogen-bond donors (Lipinski definition) is 2. The number of pyridine rings is 1. The van der Waals surface area contributed by atoms with E-state index in [1.54, 1.807) is 6.20 Å². The van der Waals surface area contributed by atoms with Gasteiger partial charge in [-0.15, -0.1) is 0 Å². The molecule has 34 heavy (non-hydrogen) atoms. The van der Waals surface area contributed by atoms with Gasteiger partial charge in [0.25, 0.3) is 5.91 Å². The monoisotopic (exact) mass is 523 g/mol. The number of aryl methyl sites for hydroxylation is 1. The lowest BCUT2D eigenvalue weighted by molar-refractivity contribution is 0.102. The molecule has 2 atom stereocenters. The largest absolute Gasteiger partial charge is 0.467 e. The summed E-state index contributed by atoms with van der Waals surface area (Å²) >= 11 is 3.55. The molecule has 0 radical (unpaired) electrons. The molecule has 3 aromatic heterocycles. The number of carbonyl (C=O) groups is 1. The summed E-state index contributed by atoms with van der Waals surface area (Å²) in [6.45, 7) is 7.98. The van der Waals surface area contributed by atoms with E-state index in [0.717, 1.165) is 40.0 Å². The third-order valence-corrected chi connectivity index (χ3v) is 6.50. The van der Waals surface area contributed by atoms with Gasteiger partial charge in [-0.25, -0.2) is 9.97 Å². The average Bonchev–Trinajstić information content (AvgIpc) is 3.18. The van der Waals surface area contributed by atoms with Crippen molar-refractivity contribution in [2.24, 2.45) is 0 Å². The Morgan fingerprint density at radius 1 is 1.21 bits per heavy atom. The molecular formula is C24H26BrN7O2. The highest BCUT2D eigenvalue weighted by molar-refractivity contribution is 9.10. The molecule has 0 aliphatic carbocycles. The molecule has 0 saturated carbocycles. The van der Waals surface area contributed by atoms with Crippen molar-refractivity contribution < 1.29 is 9.53 Å². The molecule has 4 heterocycles. The number of nitrogens with zero attached hydrogens (tertiary/aromatic N) is 5. The number of aromatic nitrogens is 4. The smallest absolute Gasteiger partial charge is 0.316 e. The number of anilines is 2. The number of fused-ring (bicyclic) bond motifs is 2. The Labute approximate surface area is 205 Å². The Bertz CT molecular complexity index is 1390. The number of methoxy groups -OCH3 is 1. The zero-order chi connectivity index (χ0) is 24.0. The minimum atomic E-state index is -0.262. The normalized spacial score (nSPS) is 18.4. The van der Waals surface area contributed by atoms with Gasteiger partial charge in [0, 0.05) is 54.8 Å². The maximum Gasteiger partial charge on any atom is 0.316 e. The molecule has 1 saturated heterocycles. The van der Waals surface area contributed by atoms with E-state index in [4.69, 9.17) is 4.74 Å². The molecule has 5 rings (SSSR count). The first kappa shape index (κ1) is 22.5. The quantitative estimate of drug-likeness (QED) is 0.419. The second-order valence-corrected chi connectivity index (χ2v) is 9.62. The van der Waals surface area contributed by atoms with Gasteiger partial charge < -0.3 is 24.7 Å². The lowest BCUT2D eigenvalue weighted by Gasteiger charge is -2.38. The number of carbonyl (C=O) groups excluding carboxylic acids is 1. The van der Waals surface area contributed by atoms with Crippen molar-refractivity contribution >= 4 is 49.8 Å². The summed E-state index contributed by atoms with van der Waals surface area (Å²) in [7, 11) is 1.52. The number of piperazine rings is 1. The number of hydrogen-bond acceptors (Lipinski definition) is 7. The summed E-state index contributed by atoms with van der Waals surface area (Å²) in [6.07, 6.45) is 5.49. The summed E-state index contributed by atoms with van der Waals surface area (Å²) in [6, 6.07) is 6.57. The van der Waals surface area contributed by atoms with Crippen LogP contribution in [0.3, 0.4) is 0 Å². The molecule has 1 aliphatic rings. The molecule has 1 fully saturated rings. The Kier molecular flexibility index (Phi) is 5.86. The van der Waals surface area contributed by atoms with E-state index in [1.807, 2.05) is 41.9 Å². The minimum absolute atomic E-state index is 0.221. The molecule has 1 amide bonds. The minimum Gasteiger partial charge on any atom is -0.467 e. The molecule has 4 aromatic rings. The Hall–Kier alpha value is -3.24. The zero-order valence-corrected chi connectivity index (χ0v) is 21.0. The number of halogens is 1. The van der Waals surface area contributed by atoms with Crippen molar-refractivity contribution in [2.45, 2.75) is 32.9 Å². The number of ether oxygens (including phenoxy) is 1. The van der Waals surface area contributed by atoms with Crippen LogP contribution in [-0.2, 0) is 0 Å². The van der Waals surface area contributed by atoms with E-state index in [-0.39, 0.29) is 11.9 Å². The third kappa shape index (κ3) is 4.19. The van der Waals surface area contributed by atoms with Gasteiger partial charge >= 0.3 is 6.01 Å². The van der Waals surface area contributed by atoms with Gasteiger partial charge in [0.05, 0.1) is 34.0 Å². The standard InChI is InChI=1S/C24H26BrN7O2/c1-13-9-31(10-14(2)27-13)20-6-5-17(21-18(20)8-26-24(30-21)34-4)23(33)29-16-7-19(25)22-28-15(3)11-32(22)12-16/h5-8,11-14,27H,9-10H2,1-4H3,(H,29,33)/t13-,14-/m0/s1. The van der Waals surface area contributed by atoms with Crippen LogP contribution in [0.25, 0.3) is 16.6 Å². The molecule has 10 heteroatoms. The fraction of sp³-hybridized carbons (Fsp3) is 0.333. The van der Waals surface area contributed by atoms with Crippen LogP contribution in [0.5, 0.6) is 6.01 Å². The van der Waals surface area contributed by atoms with Crippen LogP contribution in [0.4, 0.5) is 11.4 Å². The van der Waals surface area contributed by atoms with Gasteiger partial charge in [0.1, 0.15) is 0 Å². The van der Waals surface area contributed by atoms with Crippen molar-refractivity contribution in [1.82, 2.24) is 24.7 Å². The van der Waals surface area contributed by atoms with Gasteiger partial charge in [-0.3, -0.25) is 4.79 Å². The van der Waals surface area contributed by atoms with Gasteiger partial charge in [0.2, 0.25) is 0 Å². The van der Waals surface area contributed by atoms with E-state index in [0.29, 0.717) is 28.9 Å². The Morgan fingerprint density at radius 2 is 1.97 bits per heavy atom. The van der Waals surface area contributed by atoms with E-state index in [2.05, 4.69) is 60.3 Å². The van der Waals surface area contributed by atoms with Gasteiger partial charge in [-0.1, -0.05) is 0 Å². The van der Waals surface area contributed by atoms with Crippen molar-refractivity contribution in [3.63, 3.8) is 0 Å². The second-order valence-electron chi connectivity index (χ2n) is 8.77. The first-order chi connectivity index (χ1) is 16.3. The average molecular weight is 524 g/mol. The number of amides is 1. The molecule has 176 valence electrons. The fourth-order valence-electron chi connectivity index (χ4n) is 4.62. The summed E-state index contributed by atoms with van der Waals surface area (Å²) in [5.74, 6) is -0.262. The van der Waals surface area contributed by atoms with Crippen LogP contribution in [0, 0.1) is 6.92 Å². The molecule has 9 nitrogen and oxygen atoms in total. The van der Waals surface area contributed by atoms with E-state index in [1.165, 1.54) is 7.11 Å². The van der Waals surface area contributed by atoms with Crippen LogP contribution in [0.2, 0.25) is 0 Å². The van der Waals surface area contributed by atoms with Crippen LogP contribution >= 0.6 is 15.9 Å². The van der Waals surface area contributed by atoms with E-state index < -0.39 is 0 Å². The summed E-state index contributed by atoms with van der Waals surface area (Å²) in [4.78, 5) is 29.1. The maximum absolute atomic E-state index is 13.4. The van der Waals surface area contributed by atoms with Gasteiger partial charge in [-0.2, -0.15) is 4.98 Å². The third-order valence-electron chi connectivity index (χ3n) is 5.92. The summed E-state index contributed by atoms with van der Waals surface area (Å²) in [5.41, 5.74) is 4.35. The first-order valence-electron chi connectivity index (χ1n) is 11.1. The van der Waals surface area contributed by atoms with Crippen LogP contribution in [-0.4, -0.2) is 57.5 Å². The zero-order valence-electron chi connectivity index (χ0n) is 19.5. The SMILES string of the molecule is COc1ncc2c(N3C[C@H](C)N[C@@H](C)C3)ccc(C(=O)Nc3cc(Br)c4nc(C)cn4c3)c2n1. The fourth-order valence-corrected chi connectivity index (χ4v) is 5.16. The first-order valence-corrected chi connectivity index (χ1v) is 11.9. The number of imidazole rings is 1. The maximum atomic E-state index is 13.4. The summed E-state index contributed by atoms with van der Waals surface area (Å²) in [5, 5.41) is 7.37. The predicted octanol–water partition coefficient (Wildman–Crippen LogP) is 3.80. The topological polar surface area (TPSA) is 96.7 Å². The highest BCUT2D eigenvalue weighted by Gasteiger charge is 2.24. The molecule has 0 unspecified atom stereocenters. The van der Waals surface area contributed by atoms with Crippen LogP contribution in [0.1, 0.15) is 29.9 Å². The number of nitrogens with one attached hydrogen (secondary N) is 2. The Morgan fingerprint density at radius 3 is 2.71 bits per heavy atom. The molecule has 1 aromatic carbocycles. The van der Waals surface area contributed by atoms with Gasteiger partial charge in [0.15, 0.2) is 5.65 Å². The summed E-state index contributed by atoms with van der Waals surface area (Å²) < 4.78 is 7.95. The van der Waals surface area contributed by atoms with Crippen molar-refractivity contribution in [3.05, 3.63) is 52.5 Å². The molecule has 0 bridgehead atoms. The molecule has 0 spiro atoms. The van der Waals surface area contributed by atoms with Crippen molar-refractivity contribution in [3.8, 4) is 6.01 Å². The second kappa shape index (κ2) is 8.84. The van der Waals surface area contributed by atoms with E-state index >= 15 is 0 Å². The number of rotatable bonds is 4. The highest BCUT2D eigenvalue weighted by atomic mass is 79.9. The van der Waals surface area contributed by atoms with Crippen molar-refractivity contribution in [1.29, 1.82) is 0 Å². The number of benzene rings is 1. The molecular weight excluding hydrogens is 498 g/mol. The lowest BCUT2D eigenvalue weighted by Crippen LogP contribution is -2.54. The molecule has 2 N–H and O–H groups in total. The van der Waals surface area contributed by atoms with Crippen LogP contribution < -0.4 is 20.3 Å². The van der Waals surface area contributed by atoms with Crippen LogP contribution in [0.15, 0.2) is 41.3 Å². The highest BCUT2D eigenvalue weighted by Crippen LogP contribution is 2.31. The lowest BCUT2D eigenvalue weighted by atomic mass is 10.0. The Balaban J connectivity index is 1.54. The van der Waals surface area contributed by atoms with Gasteiger partial charge in [-0.05, 0) is 54.9 Å². The molecule has 1 aliphatic heterocycles. The predicted molar refractivity (Wildman–Crippen MR) is 136 cm³/mol.